The highest BCUT2D eigenvalue weighted by molar-refractivity contribution is 6.42. The standard InChI is InChI=1S/C15H16Cl2N2O/c1-11(20-15-4-2-3-7-19-15)9-18-10-12-5-6-13(16)14(17)8-12/h2-8,11,18H,9-10H2,1H3/t11-/m1/s1. The Hall–Kier alpha value is -1.29. The number of benzene rings is 1. The summed E-state index contributed by atoms with van der Waals surface area (Å²) in [5.74, 6) is 0.635. The Morgan fingerprint density at radius 2 is 2.05 bits per heavy atom. The first-order chi connectivity index (χ1) is 9.65. The van der Waals surface area contributed by atoms with Crippen molar-refractivity contribution in [2.75, 3.05) is 6.54 Å². The van der Waals surface area contributed by atoms with E-state index in [4.69, 9.17) is 27.9 Å². The number of hydrogen-bond acceptors (Lipinski definition) is 3. The van der Waals surface area contributed by atoms with Crippen molar-refractivity contribution in [2.45, 2.75) is 19.6 Å². The second kappa shape index (κ2) is 7.48. The predicted octanol–water partition coefficient (Wildman–Crippen LogP) is 3.95. The van der Waals surface area contributed by atoms with Crippen LogP contribution < -0.4 is 10.1 Å². The molecule has 1 heterocycles. The monoisotopic (exact) mass is 310 g/mol. The number of halogens is 2. The van der Waals surface area contributed by atoms with Crippen LogP contribution in [0.4, 0.5) is 0 Å². The van der Waals surface area contributed by atoms with E-state index in [9.17, 15) is 0 Å². The molecule has 106 valence electrons. The number of nitrogens with zero attached hydrogens (tertiary/aromatic N) is 1. The van der Waals surface area contributed by atoms with Crippen LogP contribution in [0.1, 0.15) is 12.5 Å². The van der Waals surface area contributed by atoms with Gasteiger partial charge in [-0.25, -0.2) is 4.98 Å². The van der Waals surface area contributed by atoms with Crippen LogP contribution in [-0.2, 0) is 6.54 Å². The van der Waals surface area contributed by atoms with Gasteiger partial charge in [-0.05, 0) is 30.7 Å². The zero-order valence-electron chi connectivity index (χ0n) is 11.1. The van der Waals surface area contributed by atoms with Gasteiger partial charge < -0.3 is 10.1 Å². The average molecular weight is 311 g/mol. The Bertz CT molecular complexity index is 549. The lowest BCUT2D eigenvalue weighted by Gasteiger charge is -2.14. The molecular weight excluding hydrogens is 295 g/mol. The summed E-state index contributed by atoms with van der Waals surface area (Å²) in [6.07, 6.45) is 1.75. The number of hydrogen-bond donors (Lipinski definition) is 1. The topological polar surface area (TPSA) is 34.1 Å². The molecule has 0 saturated heterocycles. The Morgan fingerprint density at radius 1 is 1.20 bits per heavy atom. The molecule has 3 nitrogen and oxygen atoms in total. The number of aromatic nitrogens is 1. The van der Waals surface area contributed by atoms with Gasteiger partial charge in [-0.15, -0.1) is 0 Å². The maximum Gasteiger partial charge on any atom is 0.213 e. The van der Waals surface area contributed by atoms with Crippen LogP contribution in [-0.4, -0.2) is 17.6 Å². The minimum atomic E-state index is 0.0349. The first kappa shape index (κ1) is 15.1. The van der Waals surface area contributed by atoms with Crippen LogP contribution in [0.15, 0.2) is 42.6 Å². The van der Waals surface area contributed by atoms with Crippen molar-refractivity contribution in [3.05, 3.63) is 58.2 Å². The first-order valence-corrected chi connectivity index (χ1v) is 7.13. The summed E-state index contributed by atoms with van der Waals surface area (Å²) in [5, 5.41) is 4.46. The van der Waals surface area contributed by atoms with E-state index >= 15 is 0 Å². The second-order valence-electron chi connectivity index (χ2n) is 4.48. The Kier molecular flexibility index (Phi) is 5.65. The van der Waals surface area contributed by atoms with Crippen molar-refractivity contribution in [3.63, 3.8) is 0 Å². The highest BCUT2D eigenvalue weighted by Gasteiger charge is 2.05. The quantitative estimate of drug-likeness (QED) is 0.877. The first-order valence-electron chi connectivity index (χ1n) is 6.37. The summed E-state index contributed by atoms with van der Waals surface area (Å²) >= 11 is 11.8. The molecule has 1 N–H and O–H groups in total. The normalized spacial score (nSPS) is 12.2. The molecule has 0 aliphatic carbocycles. The zero-order chi connectivity index (χ0) is 14.4. The van der Waals surface area contributed by atoms with E-state index in [1.54, 1.807) is 12.3 Å². The maximum absolute atomic E-state index is 5.97. The van der Waals surface area contributed by atoms with Gasteiger partial charge in [-0.1, -0.05) is 35.3 Å². The average Bonchev–Trinajstić information content (AvgIpc) is 2.44. The summed E-state index contributed by atoms with van der Waals surface area (Å²) in [7, 11) is 0. The molecule has 0 saturated carbocycles. The van der Waals surface area contributed by atoms with Gasteiger partial charge in [0.2, 0.25) is 5.88 Å². The smallest absolute Gasteiger partial charge is 0.213 e. The largest absolute Gasteiger partial charge is 0.473 e. The molecule has 0 aliphatic heterocycles. The van der Waals surface area contributed by atoms with E-state index in [0.29, 0.717) is 22.5 Å². The van der Waals surface area contributed by atoms with Crippen molar-refractivity contribution in [1.82, 2.24) is 10.3 Å². The molecule has 0 amide bonds. The van der Waals surface area contributed by atoms with Crippen LogP contribution in [0, 0.1) is 0 Å². The van der Waals surface area contributed by atoms with Crippen molar-refractivity contribution in [1.29, 1.82) is 0 Å². The van der Waals surface area contributed by atoms with E-state index in [-0.39, 0.29) is 6.10 Å². The molecule has 0 spiro atoms. The van der Waals surface area contributed by atoms with E-state index in [1.807, 2.05) is 37.3 Å². The van der Waals surface area contributed by atoms with Gasteiger partial charge in [0.15, 0.2) is 0 Å². The molecule has 0 aliphatic rings. The van der Waals surface area contributed by atoms with Crippen LogP contribution in [0.2, 0.25) is 10.0 Å². The minimum Gasteiger partial charge on any atom is -0.473 e. The molecule has 2 aromatic rings. The molecule has 2 rings (SSSR count). The Morgan fingerprint density at radius 3 is 2.75 bits per heavy atom. The van der Waals surface area contributed by atoms with E-state index in [0.717, 1.165) is 12.1 Å². The maximum atomic E-state index is 5.97. The summed E-state index contributed by atoms with van der Waals surface area (Å²) in [6, 6.07) is 11.2. The van der Waals surface area contributed by atoms with Gasteiger partial charge in [0.1, 0.15) is 6.10 Å². The Labute approximate surface area is 128 Å². The zero-order valence-corrected chi connectivity index (χ0v) is 12.7. The number of nitrogens with one attached hydrogen (secondary N) is 1. The van der Waals surface area contributed by atoms with Crippen molar-refractivity contribution in [2.24, 2.45) is 0 Å². The molecule has 1 aromatic carbocycles. The third kappa shape index (κ3) is 4.67. The number of rotatable bonds is 6. The van der Waals surface area contributed by atoms with Crippen LogP contribution >= 0.6 is 23.2 Å². The second-order valence-corrected chi connectivity index (χ2v) is 5.29. The van der Waals surface area contributed by atoms with Crippen molar-refractivity contribution >= 4 is 23.2 Å². The molecule has 0 bridgehead atoms. The van der Waals surface area contributed by atoms with Crippen LogP contribution in [0.5, 0.6) is 5.88 Å². The van der Waals surface area contributed by atoms with Gasteiger partial charge >= 0.3 is 0 Å². The number of ether oxygens (including phenoxy) is 1. The van der Waals surface area contributed by atoms with Crippen LogP contribution in [0.3, 0.4) is 0 Å². The van der Waals surface area contributed by atoms with Gasteiger partial charge in [0.05, 0.1) is 10.0 Å². The molecule has 1 atom stereocenters. The van der Waals surface area contributed by atoms with Gasteiger partial charge in [0.25, 0.3) is 0 Å². The number of pyridine rings is 1. The van der Waals surface area contributed by atoms with E-state index in [2.05, 4.69) is 10.3 Å². The van der Waals surface area contributed by atoms with Gasteiger partial charge in [-0.2, -0.15) is 0 Å². The lowest BCUT2D eigenvalue weighted by Crippen LogP contribution is -2.28. The van der Waals surface area contributed by atoms with Crippen molar-refractivity contribution < 1.29 is 4.74 Å². The van der Waals surface area contributed by atoms with E-state index < -0.39 is 0 Å². The fraction of sp³-hybridized carbons (Fsp3) is 0.267. The highest BCUT2D eigenvalue weighted by atomic mass is 35.5. The molecular formula is C15H16Cl2N2O. The summed E-state index contributed by atoms with van der Waals surface area (Å²) < 4.78 is 5.67. The molecule has 0 radical (unpaired) electrons. The molecule has 0 unspecified atom stereocenters. The van der Waals surface area contributed by atoms with Gasteiger partial charge in [-0.3, -0.25) is 0 Å². The van der Waals surface area contributed by atoms with Crippen LogP contribution in [0.25, 0.3) is 0 Å². The van der Waals surface area contributed by atoms with Gasteiger partial charge in [0, 0.05) is 25.4 Å². The molecule has 20 heavy (non-hydrogen) atoms. The fourth-order valence-electron chi connectivity index (χ4n) is 1.73. The minimum absolute atomic E-state index is 0.0349. The lowest BCUT2D eigenvalue weighted by molar-refractivity contribution is 0.208. The van der Waals surface area contributed by atoms with E-state index in [1.165, 1.54) is 0 Å². The van der Waals surface area contributed by atoms with Crippen molar-refractivity contribution in [3.8, 4) is 5.88 Å². The molecule has 5 heteroatoms. The third-order valence-corrected chi connectivity index (χ3v) is 3.44. The lowest BCUT2D eigenvalue weighted by atomic mass is 10.2. The molecule has 0 fully saturated rings. The molecule has 1 aromatic heterocycles. The highest BCUT2D eigenvalue weighted by Crippen LogP contribution is 2.22. The predicted molar refractivity (Wildman–Crippen MR) is 82.5 cm³/mol. The summed E-state index contributed by atoms with van der Waals surface area (Å²) in [6.45, 7) is 3.43. The fourth-order valence-corrected chi connectivity index (χ4v) is 2.05. The third-order valence-electron chi connectivity index (χ3n) is 2.70. The summed E-state index contributed by atoms with van der Waals surface area (Å²) in [4.78, 5) is 4.12. The summed E-state index contributed by atoms with van der Waals surface area (Å²) in [5.41, 5.74) is 1.09. The SMILES string of the molecule is C[C@H](CNCc1ccc(Cl)c(Cl)c1)Oc1ccccn1. The Balaban J connectivity index is 1.76.